The van der Waals surface area contributed by atoms with Crippen molar-refractivity contribution >= 4 is 23.3 Å². The lowest BCUT2D eigenvalue weighted by atomic mass is 10.1. The van der Waals surface area contributed by atoms with Gasteiger partial charge in [0.15, 0.2) is 11.5 Å². The Kier molecular flexibility index (Phi) is 4.85. The molecule has 3 rings (SSSR count). The van der Waals surface area contributed by atoms with Gasteiger partial charge < -0.3 is 25.4 Å². The highest BCUT2D eigenvalue weighted by Gasteiger charge is 2.43. The van der Waals surface area contributed by atoms with Gasteiger partial charge in [-0.05, 0) is 36.8 Å². The molecule has 142 valence electrons. The summed E-state index contributed by atoms with van der Waals surface area (Å²) >= 11 is 0. The van der Waals surface area contributed by atoms with Crippen molar-refractivity contribution in [3.63, 3.8) is 0 Å². The van der Waals surface area contributed by atoms with Crippen LogP contribution in [0.25, 0.3) is 0 Å². The number of carbonyl (C=O) groups excluding carboxylic acids is 2. The zero-order chi connectivity index (χ0) is 19.6. The third kappa shape index (κ3) is 4.63. The van der Waals surface area contributed by atoms with Crippen LogP contribution in [0.15, 0.2) is 42.5 Å². The number of benzene rings is 2. The first kappa shape index (κ1) is 18.4. The molecule has 1 unspecified atom stereocenters. The predicted octanol–water partition coefficient (Wildman–Crippen LogP) is 3.85. The van der Waals surface area contributed by atoms with Crippen molar-refractivity contribution in [2.45, 2.75) is 26.2 Å². The summed E-state index contributed by atoms with van der Waals surface area (Å²) in [5.41, 5.74) is 1.67. The Morgan fingerprint density at radius 2 is 1.70 bits per heavy atom. The van der Waals surface area contributed by atoms with Gasteiger partial charge >= 0.3 is 12.3 Å². The second kappa shape index (κ2) is 7.10. The summed E-state index contributed by atoms with van der Waals surface area (Å²) in [6.45, 7) is 3.18. The van der Waals surface area contributed by atoms with Crippen LogP contribution in [0.3, 0.4) is 0 Å². The van der Waals surface area contributed by atoms with Crippen molar-refractivity contribution in [3.05, 3.63) is 48.0 Å². The number of rotatable bonds is 4. The lowest BCUT2D eigenvalue weighted by Gasteiger charge is -2.16. The molecular weight excluding hydrogens is 360 g/mol. The molecule has 3 N–H and O–H groups in total. The Morgan fingerprint density at radius 3 is 2.44 bits per heavy atom. The summed E-state index contributed by atoms with van der Waals surface area (Å²) in [5, 5.41) is 7.94. The average molecular weight is 377 g/mol. The minimum absolute atomic E-state index is 0.103. The Labute approximate surface area is 153 Å². The van der Waals surface area contributed by atoms with Gasteiger partial charge in [0.25, 0.3) is 0 Å². The topological polar surface area (TPSA) is 88.7 Å². The van der Waals surface area contributed by atoms with E-state index in [0.29, 0.717) is 5.69 Å². The summed E-state index contributed by atoms with van der Waals surface area (Å²) in [4.78, 5) is 23.3. The third-order valence-electron chi connectivity index (χ3n) is 3.71. The largest absolute Gasteiger partial charge is 0.586 e. The SMILES string of the molecule is CC(=O)Nc1cccc(C(C)NC(=O)Nc2ccc3c(c2)OC(F)(F)O3)c1. The maximum atomic E-state index is 13.0. The fourth-order valence-corrected chi connectivity index (χ4v) is 2.56. The highest BCUT2D eigenvalue weighted by Crippen LogP contribution is 2.42. The van der Waals surface area contributed by atoms with E-state index in [9.17, 15) is 18.4 Å². The van der Waals surface area contributed by atoms with Crippen molar-refractivity contribution in [2.75, 3.05) is 10.6 Å². The molecule has 0 spiro atoms. The Bertz CT molecular complexity index is 889. The van der Waals surface area contributed by atoms with Crippen molar-refractivity contribution in [3.8, 4) is 11.5 Å². The normalized spacial score (nSPS) is 15.0. The molecule has 0 bridgehead atoms. The van der Waals surface area contributed by atoms with E-state index in [2.05, 4.69) is 25.4 Å². The third-order valence-corrected chi connectivity index (χ3v) is 3.71. The van der Waals surface area contributed by atoms with E-state index < -0.39 is 12.3 Å². The van der Waals surface area contributed by atoms with Gasteiger partial charge in [0.1, 0.15) is 0 Å². The summed E-state index contributed by atoms with van der Waals surface area (Å²) in [6, 6.07) is 10.1. The Balaban J connectivity index is 1.62. The summed E-state index contributed by atoms with van der Waals surface area (Å²) < 4.78 is 34.7. The monoisotopic (exact) mass is 377 g/mol. The number of hydrogen-bond donors (Lipinski definition) is 3. The number of anilines is 2. The number of urea groups is 1. The van der Waals surface area contributed by atoms with Crippen LogP contribution in [0.1, 0.15) is 25.5 Å². The summed E-state index contributed by atoms with van der Waals surface area (Å²) in [5.74, 6) is -0.457. The highest BCUT2D eigenvalue weighted by atomic mass is 19.3. The van der Waals surface area contributed by atoms with E-state index in [1.54, 1.807) is 31.2 Å². The number of carbonyl (C=O) groups is 2. The lowest BCUT2D eigenvalue weighted by molar-refractivity contribution is -0.286. The van der Waals surface area contributed by atoms with Crippen molar-refractivity contribution in [1.82, 2.24) is 5.32 Å². The number of hydrogen-bond acceptors (Lipinski definition) is 4. The number of ether oxygens (including phenoxy) is 2. The fraction of sp³-hybridized carbons (Fsp3) is 0.222. The van der Waals surface area contributed by atoms with E-state index in [-0.39, 0.29) is 29.1 Å². The molecule has 7 nitrogen and oxygen atoms in total. The molecule has 1 aliphatic heterocycles. The standard InChI is InChI=1S/C18H17F2N3O4/c1-10(12-4-3-5-13(8-12)22-11(2)24)21-17(25)23-14-6-7-15-16(9-14)27-18(19,20)26-15/h3-10H,1-2H3,(H,22,24)(H2,21,23,25). The Hall–Kier alpha value is -3.36. The molecule has 1 aliphatic rings. The second-order valence-electron chi connectivity index (χ2n) is 5.96. The van der Waals surface area contributed by atoms with E-state index in [0.717, 1.165) is 5.56 Å². The zero-order valence-electron chi connectivity index (χ0n) is 14.5. The molecule has 0 saturated heterocycles. The molecule has 1 atom stereocenters. The lowest BCUT2D eigenvalue weighted by Crippen LogP contribution is -2.31. The molecule has 0 aliphatic carbocycles. The van der Waals surface area contributed by atoms with E-state index >= 15 is 0 Å². The van der Waals surface area contributed by atoms with Crippen LogP contribution >= 0.6 is 0 Å². The molecule has 27 heavy (non-hydrogen) atoms. The van der Waals surface area contributed by atoms with Gasteiger partial charge in [0, 0.05) is 24.4 Å². The summed E-state index contributed by atoms with van der Waals surface area (Å²) in [6.07, 6.45) is -3.71. The molecule has 0 saturated carbocycles. The van der Waals surface area contributed by atoms with Gasteiger partial charge in [-0.1, -0.05) is 12.1 Å². The predicted molar refractivity (Wildman–Crippen MR) is 94.0 cm³/mol. The first-order valence-corrected chi connectivity index (χ1v) is 8.07. The van der Waals surface area contributed by atoms with Crippen LogP contribution in [0.4, 0.5) is 25.0 Å². The molecular formula is C18H17F2N3O4. The van der Waals surface area contributed by atoms with Crippen LogP contribution < -0.4 is 25.4 Å². The van der Waals surface area contributed by atoms with Crippen LogP contribution in [0, 0.1) is 0 Å². The number of nitrogens with one attached hydrogen (secondary N) is 3. The number of alkyl halides is 2. The molecule has 2 aromatic rings. The number of amides is 3. The average Bonchev–Trinajstić information content (AvgIpc) is 2.87. The smallest absolute Gasteiger partial charge is 0.395 e. The number of fused-ring (bicyclic) bond motifs is 1. The van der Waals surface area contributed by atoms with Gasteiger partial charge in [-0.15, -0.1) is 8.78 Å². The maximum absolute atomic E-state index is 13.0. The van der Waals surface area contributed by atoms with Gasteiger partial charge in [0.2, 0.25) is 5.91 Å². The van der Waals surface area contributed by atoms with Crippen molar-refractivity contribution in [1.29, 1.82) is 0 Å². The van der Waals surface area contributed by atoms with Crippen molar-refractivity contribution < 1.29 is 27.8 Å². The number of halogens is 2. The van der Waals surface area contributed by atoms with E-state index in [4.69, 9.17) is 0 Å². The second-order valence-corrected chi connectivity index (χ2v) is 5.96. The van der Waals surface area contributed by atoms with E-state index in [1.165, 1.54) is 25.1 Å². The molecule has 9 heteroatoms. The van der Waals surface area contributed by atoms with E-state index in [1.807, 2.05) is 0 Å². The van der Waals surface area contributed by atoms with Crippen molar-refractivity contribution in [2.24, 2.45) is 0 Å². The minimum Gasteiger partial charge on any atom is -0.395 e. The van der Waals surface area contributed by atoms with Crippen LogP contribution in [-0.2, 0) is 4.79 Å². The van der Waals surface area contributed by atoms with Gasteiger partial charge in [-0.25, -0.2) is 4.79 Å². The zero-order valence-corrected chi connectivity index (χ0v) is 14.5. The Morgan fingerprint density at radius 1 is 1.00 bits per heavy atom. The van der Waals surface area contributed by atoms with Crippen LogP contribution in [-0.4, -0.2) is 18.2 Å². The molecule has 1 heterocycles. The molecule has 2 aromatic carbocycles. The first-order chi connectivity index (χ1) is 12.7. The maximum Gasteiger partial charge on any atom is 0.586 e. The summed E-state index contributed by atoms with van der Waals surface area (Å²) in [7, 11) is 0. The quantitative estimate of drug-likeness (QED) is 0.755. The highest BCUT2D eigenvalue weighted by molar-refractivity contribution is 5.90. The molecule has 0 aromatic heterocycles. The van der Waals surface area contributed by atoms with Crippen LogP contribution in [0.5, 0.6) is 11.5 Å². The molecule has 0 radical (unpaired) electrons. The van der Waals surface area contributed by atoms with Gasteiger partial charge in [-0.2, -0.15) is 0 Å². The van der Waals surface area contributed by atoms with Gasteiger partial charge in [0.05, 0.1) is 6.04 Å². The minimum atomic E-state index is -3.71. The van der Waals surface area contributed by atoms with Crippen LogP contribution in [0.2, 0.25) is 0 Å². The van der Waals surface area contributed by atoms with Gasteiger partial charge in [-0.3, -0.25) is 4.79 Å². The molecule has 0 fully saturated rings. The fourth-order valence-electron chi connectivity index (χ4n) is 2.56. The first-order valence-electron chi connectivity index (χ1n) is 8.07. The molecule has 3 amide bonds.